The van der Waals surface area contributed by atoms with Gasteiger partial charge in [0.2, 0.25) is 5.91 Å². The minimum atomic E-state index is -0.136. The van der Waals surface area contributed by atoms with Crippen LogP contribution in [0, 0.1) is 36.2 Å². The number of nitrogens with one attached hydrogen (secondary N) is 1. The molecule has 1 aromatic heterocycles. The smallest absolute Gasteiger partial charge is 0.226 e. The largest absolute Gasteiger partial charge is 0.508 e. The van der Waals surface area contributed by atoms with Crippen molar-refractivity contribution in [3.8, 4) is 5.75 Å². The first kappa shape index (κ1) is 21.0. The highest BCUT2D eigenvalue weighted by Gasteiger charge is 2.58. The van der Waals surface area contributed by atoms with Gasteiger partial charge >= 0.3 is 0 Å². The number of fused-ring (bicyclic) bond motifs is 5. The fourth-order valence-corrected chi connectivity index (χ4v) is 7.51. The van der Waals surface area contributed by atoms with Gasteiger partial charge in [-0.1, -0.05) is 13.0 Å². The van der Waals surface area contributed by atoms with Crippen molar-refractivity contribution in [3.05, 3.63) is 46.5 Å². The fraction of sp³-hybridized carbons (Fsp3) is 0.560. The summed E-state index contributed by atoms with van der Waals surface area (Å²) in [4.78, 5) is 17.9. The molecule has 1 heterocycles. The molecule has 165 valence electrons. The van der Waals surface area contributed by atoms with Crippen molar-refractivity contribution in [1.29, 1.82) is 0 Å². The maximum Gasteiger partial charge on any atom is 0.226 e. The van der Waals surface area contributed by atoms with Crippen LogP contribution in [-0.4, -0.2) is 21.1 Å². The molecule has 0 spiro atoms. The van der Waals surface area contributed by atoms with Crippen molar-refractivity contribution < 1.29 is 15.0 Å². The number of aliphatic hydroxyl groups is 1. The van der Waals surface area contributed by atoms with Crippen molar-refractivity contribution in [2.45, 2.75) is 64.7 Å². The number of hydrogen-bond acceptors (Lipinski definition) is 5. The predicted octanol–water partition coefficient (Wildman–Crippen LogP) is 5.56. The quantitative estimate of drug-likeness (QED) is 0.582. The van der Waals surface area contributed by atoms with Crippen LogP contribution in [0.2, 0.25) is 0 Å². The molecule has 2 aromatic rings. The molecule has 5 atom stereocenters. The summed E-state index contributed by atoms with van der Waals surface area (Å²) in [7, 11) is 0. The maximum atomic E-state index is 12.5. The Morgan fingerprint density at radius 1 is 1.32 bits per heavy atom. The van der Waals surface area contributed by atoms with Crippen LogP contribution >= 0.6 is 11.3 Å². The molecule has 1 amide bonds. The summed E-state index contributed by atoms with van der Waals surface area (Å²) < 4.78 is 0. The Kier molecular flexibility index (Phi) is 5.33. The van der Waals surface area contributed by atoms with Gasteiger partial charge in [-0.05, 0) is 92.4 Å². The molecule has 0 bridgehead atoms. The van der Waals surface area contributed by atoms with Gasteiger partial charge in [-0.25, -0.2) is 4.98 Å². The third kappa shape index (κ3) is 3.68. The number of phenols is 1. The first-order valence-corrected chi connectivity index (χ1v) is 12.3. The second-order valence-corrected chi connectivity index (χ2v) is 11.2. The monoisotopic (exact) mass is 439 g/mol. The Bertz CT molecular complexity index is 989. The van der Waals surface area contributed by atoms with Crippen LogP contribution in [0.4, 0.5) is 5.13 Å². The van der Waals surface area contributed by atoms with Crippen molar-refractivity contribution in [3.63, 3.8) is 0 Å². The van der Waals surface area contributed by atoms with Crippen LogP contribution in [0.5, 0.6) is 5.75 Å². The van der Waals surface area contributed by atoms with Gasteiger partial charge in [0.1, 0.15) is 5.75 Å². The number of amides is 1. The van der Waals surface area contributed by atoms with Gasteiger partial charge in [-0.2, -0.15) is 0 Å². The maximum absolute atomic E-state index is 12.5. The number of aliphatic hydroxyl groups excluding tert-OH is 1. The number of carbonyl (C=O) groups excluding carboxylic acids is 1. The van der Waals surface area contributed by atoms with Gasteiger partial charge in [0.15, 0.2) is 5.13 Å². The average Bonchev–Trinajstić information content (AvgIpc) is 3.25. The zero-order chi connectivity index (χ0) is 21.8. The molecular formula is C25H31N2O3S. The summed E-state index contributed by atoms with van der Waals surface area (Å²) in [5.41, 5.74) is 2.53. The normalized spacial score (nSPS) is 32.2. The summed E-state index contributed by atoms with van der Waals surface area (Å²) in [6, 6.07) is 5.86. The molecule has 5 rings (SSSR count). The van der Waals surface area contributed by atoms with Crippen molar-refractivity contribution in [2.24, 2.45) is 23.2 Å². The second kappa shape index (κ2) is 7.89. The van der Waals surface area contributed by atoms with Crippen molar-refractivity contribution >= 4 is 22.4 Å². The standard InChI is InChI=1S/C25H31N2O3S/c1-14-13-26-24(31-14)27-22(30)8-4-16-12-21(29)25(2)10-9-19-18-7-5-17(28)11-15(18)3-6-20(19)23(16)25/h5,7,11,13,16,19-20,23,28-29H,3-4,6,8-10,12H2,1-2H3,(H,26,27,30)/t16-,19?,20?,23?,25-/m1/s1. The van der Waals surface area contributed by atoms with E-state index in [1.165, 1.54) is 22.5 Å². The highest BCUT2D eigenvalue weighted by molar-refractivity contribution is 7.15. The predicted molar refractivity (Wildman–Crippen MR) is 121 cm³/mol. The zero-order valence-electron chi connectivity index (χ0n) is 18.2. The molecule has 0 aliphatic heterocycles. The molecule has 3 N–H and O–H groups in total. The lowest BCUT2D eigenvalue weighted by Gasteiger charge is -2.51. The van der Waals surface area contributed by atoms with E-state index in [4.69, 9.17) is 0 Å². The van der Waals surface area contributed by atoms with Crippen LogP contribution in [-0.2, 0) is 11.2 Å². The molecule has 31 heavy (non-hydrogen) atoms. The molecule has 3 aliphatic carbocycles. The number of anilines is 1. The number of aromatic nitrogens is 1. The Hall–Kier alpha value is -1.92. The SMILES string of the molecule is Cc1cnc(NC(=O)CC[C@@H]2C[C](O)[C@@]3(C)CCC4c5ccc(O)cc5CCC4C23)s1. The first-order chi connectivity index (χ1) is 14.8. The topological polar surface area (TPSA) is 82.5 Å². The van der Waals surface area contributed by atoms with Crippen LogP contribution in [0.3, 0.4) is 0 Å². The van der Waals surface area contributed by atoms with Gasteiger partial charge in [-0.3, -0.25) is 4.79 Å². The minimum absolute atomic E-state index is 0.0132. The van der Waals surface area contributed by atoms with E-state index in [-0.39, 0.29) is 11.3 Å². The Morgan fingerprint density at radius 3 is 2.94 bits per heavy atom. The number of aryl methyl sites for hydroxylation is 2. The van der Waals surface area contributed by atoms with Crippen molar-refractivity contribution in [2.75, 3.05) is 5.32 Å². The highest BCUT2D eigenvalue weighted by Crippen LogP contribution is 2.65. The number of benzene rings is 1. The van der Waals surface area contributed by atoms with E-state index < -0.39 is 0 Å². The summed E-state index contributed by atoms with van der Waals surface area (Å²) in [6.07, 6.45) is 8.55. The Balaban J connectivity index is 1.33. The molecule has 3 aliphatic rings. The molecule has 3 unspecified atom stereocenters. The van der Waals surface area contributed by atoms with E-state index in [0.717, 1.165) is 43.4 Å². The lowest BCUT2D eigenvalue weighted by atomic mass is 9.54. The first-order valence-electron chi connectivity index (χ1n) is 11.4. The molecule has 5 nitrogen and oxygen atoms in total. The van der Waals surface area contributed by atoms with Gasteiger partial charge in [0, 0.05) is 22.9 Å². The summed E-state index contributed by atoms with van der Waals surface area (Å²) in [5.74, 6) is 2.12. The number of hydrogen-bond donors (Lipinski definition) is 3. The van der Waals surface area contributed by atoms with Gasteiger partial charge < -0.3 is 15.5 Å². The Morgan fingerprint density at radius 2 is 2.16 bits per heavy atom. The second-order valence-electron chi connectivity index (χ2n) is 9.95. The molecule has 1 radical (unpaired) electrons. The number of thiazole rings is 1. The van der Waals surface area contributed by atoms with Crippen molar-refractivity contribution in [1.82, 2.24) is 4.98 Å². The number of rotatable bonds is 4. The molecular weight excluding hydrogens is 408 g/mol. The van der Waals surface area contributed by atoms with E-state index >= 15 is 0 Å². The number of phenolic OH excluding ortho intramolecular Hbond substituents is 1. The molecule has 1 aromatic carbocycles. The van der Waals surface area contributed by atoms with E-state index in [2.05, 4.69) is 23.3 Å². The molecule has 6 heteroatoms. The number of nitrogens with zero attached hydrogens (tertiary/aromatic N) is 1. The third-order valence-electron chi connectivity index (χ3n) is 8.19. The van der Waals surface area contributed by atoms with Gasteiger partial charge in [0.25, 0.3) is 0 Å². The van der Waals surface area contributed by atoms with Crippen LogP contribution in [0.15, 0.2) is 24.4 Å². The molecule has 0 saturated heterocycles. The minimum Gasteiger partial charge on any atom is -0.508 e. The van der Waals surface area contributed by atoms with Gasteiger partial charge in [-0.15, -0.1) is 11.3 Å². The lowest BCUT2D eigenvalue weighted by molar-refractivity contribution is -0.116. The van der Waals surface area contributed by atoms with E-state index in [1.807, 2.05) is 19.1 Å². The summed E-state index contributed by atoms with van der Waals surface area (Å²) >= 11 is 1.50. The zero-order valence-corrected chi connectivity index (χ0v) is 19.0. The van der Waals surface area contributed by atoms with Gasteiger partial charge in [0.05, 0.1) is 6.10 Å². The summed E-state index contributed by atoms with van der Waals surface area (Å²) in [6.45, 7) is 4.22. The average molecular weight is 440 g/mol. The Labute approximate surface area is 187 Å². The highest BCUT2D eigenvalue weighted by atomic mass is 32.1. The van der Waals surface area contributed by atoms with Crippen LogP contribution in [0.1, 0.15) is 67.4 Å². The fourth-order valence-electron chi connectivity index (χ4n) is 6.83. The van der Waals surface area contributed by atoms with Crippen LogP contribution in [0.25, 0.3) is 0 Å². The number of carbonyl (C=O) groups is 1. The van der Waals surface area contributed by atoms with E-state index in [0.29, 0.717) is 47.1 Å². The molecule has 2 saturated carbocycles. The lowest BCUT2D eigenvalue weighted by Crippen LogP contribution is -2.43. The van der Waals surface area contributed by atoms with Crippen LogP contribution < -0.4 is 5.32 Å². The molecule has 2 fully saturated rings. The third-order valence-corrected chi connectivity index (χ3v) is 9.02. The summed E-state index contributed by atoms with van der Waals surface area (Å²) in [5, 5.41) is 24.5. The van der Waals surface area contributed by atoms with E-state index in [1.54, 1.807) is 6.20 Å². The van der Waals surface area contributed by atoms with E-state index in [9.17, 15) is 15.0 Å². The number of aromatic hydroxyl groups is 1.